The third kappa shape index (κ3) is 6.46. The van der Waals surface area contributed by atoms with Gasteiger partial charge in [0.2, 0.25) is 5.91 Å². The Morgan fingerprint density at radius 2 is 1.85 bits per heavy atom. The summed E-state index contributed by atoms with van der Waals surface area (Å²) >= 11 is 6.23. The van der Waals surface area contributed by atoms with Gasteiger partial charge in [0, 0.05) is 34.9 Å². The van der Waals surface area contributed by atoms with Gasteiger partial charge in [-0.25, -0.2) is 4.68 Å². The lowest BCUT2D eigenvalue weighted by Gasteiger charge is -2.26. The number of nitrogens with one attached hydrogen (secondary N) is 1. The predicted molar refractivity (Wildman–Crippen MR) is 135 cm³/mol. The molecule has 1 fully saturated rings. The molecule has 1 aliphatic heterocycles. The fourth-order valence-electron chi connectivity index (χ4n) is 4.38. The fraction of sp³-hybridized carbons (Fsp3) is 0.407. The Balaban J connectivity index is 1.54. The highest BCUT2D eigenvalue weighted by molar-refractivity contribution is 6.30. The Bertz CT molecular complexity index is 1070. The second kappa shape index (κ2) is 11.0. The average molecular weight is 465 g/mol. The van der Waals surface area contributed by atoms with Gasteiger partial charge in [-0.1, -0.05) is 42.3 Å². The Morgan fingerprint density at radius 1 is 1.09 bits per heavy atom. The summed E-state index contributed by atoms with van der Waals surface area (Å²) in [5.41, 5.74) is 4.89. The first kappa shape index (κ1) is 23.5. The van der Waals surface area contributed by atoms with Gasteiger partial charge in [-0.05, 0) is 76.0 Å². The first-order valence-electron chi connectivity index (χ1n) is 11.9. The zero-order valence-electron chi connectivity index (χ0n) is 19.6. The van der Waals surface area contributed by atoms with Crippen LogP contribution in [0.15, 0.2) is 54.7 Å². The van der Waals surface area contributed by atoms with E-state index in [9.17, 15) is 4.79 Å². The molecular formula is C27H33ClN4O. The van der Waals surface area contributed by atoms with Crippen molar-refractivity contribution in [2.45, 2.75) is 52.0 Å². The summed E-state index contributed by atoms with van der Waals surface area (Å²) in [6, 6.07) is 16.3. The molecule has 1 aliphatic rings. The van der Waals surface area contributed by atoms with Gasteiger partial charge in [0.25, 0.3) is 0 Å². The number of hydrogen-bond donors (Lipinski definition) is 1. The zero-order chi connectivity index (χ0) is 23.2. The summed E-state index contributed by atoms with van der Waals surface area (Å²) in [5.74, 6) is -0.0131. The Labute approximate surface area is 201 Å². The number of nitrogens with zero attached hydrogens (tertiary/aromatic N) is 3. The molecule has 0 radical (unpaired) electrons. The lowest BCUT2D eigenvalue weighted by molar-refractivity contribution is -0.120. The van der Waals surface area contributed by atoms with Crippen molar-refractivity contribution in [1.82, 2.24) is 20.0 Å². The molecule has 1 saturated heterocycles. The molecule has 0 aliphatic carbocycles. The average Bonchev–Trinajstić information content (AvgIpc) is 3.22. The third-order valence-electron chi connectivity index (χ3n) is 6.06. The van der Waals surface area contributed by atoms with E-state index in [2.05, 4.69) is 34.5 Å². The molecule has 2 heterocycles. The number of amides is 1. The molecule has 0 atom stereocenters. The van der Waals surface area contributed by atoms with E-state index in [0.717, 1.165) is 35.5 Å². The molecule has 33 heavy (non-hydrogen) atoms. The minimum Gasteiger partial charge on any atom is -0.354 e. The van der Waals surface area contributed by atoms with Gasteiger partial charge in [0.1, 0.15) is 0 Å². The number of halogens is 1. The Hall–Kier alpha value is -2.63. The number of carbonyl (C=O) groups excluding carboxylic acids is 1. The van der Waals surface area contributed by atoms with Crippen LogP contribution in [0.3, 0.4) is 0 Å². The van der Waals surface area contributed by atoms with Gasteiger partial charge in [-0.3, -0.25) is 4.79 Å². The fourth-order valence-corrected chi connectivity index (χ4v) is 4.57. The van der Waals surface area contributed by atoms with Crippen molar-refractivity contribution in [3.8, 4) is 16.9 Å². The van der Waals surface area contributed by atoms with Crippen LogP contribution in [0.4, 0.5) is 0 Å². The van der Waals surface area contributed by atoms with E-state index < -0.39 is 0 Å². The van der Waals surface area contributed by atoms with Gasteiger partial charge in [-0.2, -0.15) is 5.10 Å². The maximum Gasteiger partial charge on any atom is 0.224 e. The summed E-state index contributed by atoms with van der Waals surface area (Å²) in [4.78, 5) is 15.1. The molecule has 0 saturated carbocycles. The SMILES string of the molecule is CC(C)NC(=O)Cc1cn(-c2ccc(CCN3CCCCC3)cc2)nc1-c1cccc(Cl)c1. The van der Waals surface area contributed by atoms with Crippen molar-refractivity contribution in [3.63, 3.8) is 0 Å². The molecule has 1 aromatic heterocycles. The van der Waals surface area contributed by atoms with E-state index in [1.807, 2.05) is 49.0 Å². The summed E-state index contributed by atoms with van der Waals surface area (Å²) in [6.45, 7) is 7.50. The lowest BCUT2D eigenvalue weighted by Crippen LogP contribution is -2.31. The summed E-state index contributed by atoms with van der Waals surface area (Å²) < 4.78 is 1.86. The molecule has 0 unspecified atom stereocenters. The Kier molecular flexibility index (Phi) is 7.84. The van der Waals surface area contributed by atoms with Crippen molar-refractivity contribution in [1.29, 1.82) is 0 Å². The highest BCUT2D eigenvalue weighted by atomic mass is 35.5. The summed E-state index contributed by atoms with van der Waals surface area (Å²) in [6.07, 6.45) is 7.31. The highest BCUT2D eigenvalue weighted by Crippen LogP contribution is 2.27. The molecule has 1 amide bonds. The molecule has 0 bridgehead atoms. The topological polar surface area (TPSA) is 50.2 Å². The molecule has 4 rings (SSSR count). The number of carbonyl (C=O) groups is 1. The first-order chi connectivity index (χ1) is 16.0. The minimum atomic E-state index is -0.0131. The van der Waals surface area contributed by atoms with Gasteiger partial charge < -0.3 is 10.2 Å². The molecule has 5 nitrogen and oxygen atoms in total. The summed E-state index contributed by atoms with van der Waals surface area (Å²) in [5, 5.41) is 8.47. The van der Waals surface area contributed by atoms with E-state index >= 15 is 0 Å². The second-order valence-corrected chi connectivity index (χ2v) is 9.61. The van der Waals surface area contributed by atoms with Crippen LogP contribution in [0, 0.1) is 0 Å². The number of likely N-dealkylation sites (tertiary alicyclic amines) is 1. The van der Waals surface area contributed by atoms with Crippen molar-refractivity contribution in [2.75, 3.05) is 19.6 Å². The molecule has 3 aromatic rings. The van der Waals surface area contributed by atoms with Crippen LogP contribution in [0.5, 0.6) is 0 Å². The van der Waals surface area contributed by atoms with Crippen LogP contribution >= 0.6 is 11.6 Å². The van der Waals surface area contributed by atoms with Crippen LogP contribution in [-0.2, 0) is 17.6 Å². The molecule has 1 N–H and O–H groups in total. The highest BCUT2D eigenvalue weighted by Gasteiger charge is 2.16. The van der Waals surface area contributed by atoms with Gasteiger partial charge in [0.05, 0.1) is 17.8 Å². The number of benzene rings is 2. The van der Waals surface area contributed by atoms with E-state index in [4.69, 9.17) is 16.7 Å². The monoisotopic (exact) mass is 464 g/mol. The smallest absolute Gasteiger partial charge is 0.224 e. The molecule has 2 aromatic carbocycles. The largest absolute Gasteiger partial charge is 0.354 e. The molecule has 174 valence electrons. The minimum absolute atomic E-state index is 0.0131. The van der Waals surface area contributed by atoms with Crippen LogP contribution in [0.25, 0.3) is 16.9 Å². The van der Waals surface area contributed by atoms with Crippen LogP contribution in [-0.4, -0.2) is 46.3 Å². The number of aromatic nitrogens is 2. The Morgan fingerprint density at radius 3 is 2.55 bits per heavy atom. The van der Waals surface area contributed by atoms with E-state index in [1.54, 1.807) is 0 Å². The van der Waals surface area contributed by atoms with Crippen LogP contribution in [0.2, 0.25) is 5.02 Å². The normalized spacial score (nSPS) is 14.5. The van der Waals surface area contributed by atoms with Crippen LogP contribution < -0.4 is 5.32 Å². The standard InChI is InChI=1S/C27H33ClN4O/c1-20(2)29-26(33)18-23-19-32(30-27(23)22-7-6-8-24(28)17-22)25-11-9-21(10-12-25)13-16-31-14-4-3-5-15-31/h6-12,17,19-20H,3-5,13-16,18H2,1-2H3,(H,29,33). The lowest BCUT2D eigenvalue weighted by atomic mass is 10.1. The second-order valence-electron chi connectivity index (χ2n) is 9.18. The van der Waals surface area contributed by atoms with E-state index in [0.29, 0.717) is 5.02 Å². The number of hydrogen-bond acceptors (Lipinski definition) is 3. The molecule has 0 spiro atoms. The number of rotatable bonds is 8. The van der Waals surface area contributed by atoms with Gasteiger partial charge in [0.15, 0.2) is 0 Å². The molecule has 6 heteroatoms. The zero-order valence-corrected chi connectivity index (χ0v) is 20.3. The van der Waals surface area contributed by atoms with Crippen molar-refractivity contribution >= 4 is 17.5 Å². The summed E-state index contributed by atoms with van der Waals surface area (Å²) in [7, 11) is 0. The van der Waals surface area contributed by atoms with Gasteiger partial charge >= 0.3 is 0 Å². The quantitative estimate of drug-likeness (QED) is 0.493. The first-order valence-corrected chi connectivity index (χ1v) is 12.3. The predicted octanol–water partition coefficient (Wildman–Crippen LogP) is 5.29. The van der Waals surface area contributed by atoms with Crippen molar-refractivity contribution < 1.29 is 4.79 Å². The van der Waals surface area contributed by atoms with Crippen LogP contribution in [0.1, 0.15) is 44.2 Å². The van der Waals surface area contributed by atoms with Crippen molar-refractivity contribution in [2.24, 2.45) is 0 Å². The van der Waals surface area contributed by atoms with Gasteiger partial charge in [-0.15, -0.1) is 0 Å². The maximum absolute atomic E-state index is 12.5. The van der Waals surface area contributed by atoms with E-state index in [-0.39, 0.29) is 18.4 Å². The molecular weight excluding hydrogens is 432 g/mol. The van der Waals surface area contributed by atoms with E-state index in [1.165, 1.54) is 37.9 Å². The van der Waals surface area contributed by atoms with Crippen molar-refractivity contribution in [3.05, 3.63) is 70.9 Å². The third-order valence-corrected chi connectivity index (χ3v) is 6.29. The maximum atomic E-state index is 12.5. The number of piperidine rings is 1.